The van der Waals surface area contributed by atoms with Gasteiger partial charge in [0.2, 0.25) is 0 Å². The summed E-state index contributed by atoms with van der Waals surface area (Å²) < 4.78 is 32.6. The first kappa shape index (κ1) is 16.4. The van der Waals surface area contributed by atoms with Crippen molar-refractivity contribution in [3.63, 3.8) is 0 Å². The molecule has 0 amide bonds. The summed E-state index contributed by atoms with van der Waals surface area (Å²) in [4.78, 5) is 4.17. The molecule has 0 aromatic heterocycles. The molecule has 2 aromatic carbocycles. The predicted octanol–water partition coefficient (Wildman–Crippen LogP) is 3.61. The van der Waals surface area contributed by atoms with Crippen molar-refractivity contribution in [2.75, 3.05) is 11.9 Å². The fraction of sp³-hybridized carbons (Fsp3) is 0.278. The largest absolute Gasteiger partial charge is 0.370 e. The van der Waals surface area contributed by atoms with Gasteiger partial charge < -0.3 is 15.8 Å². The Kier molecular flexibility index (Phi) is 5.05. The monoisotopic (exact) mass is 331 g/mol. The van der Waals surface area contributed by atoms with Crippen LogP contribution < -0.4 is 11.1 Å². The lowest BCUT2D eigenvalue weighted by Crippen LogP contribution is -2.25. The molecule has 3 N–H and O–H groups in total. The van der Waals surface area contributed by atoms with Crippen LogP contribution in [0, 0.1) is 11.6 Å². The Balaban J connectivity index is 1.55. The Morgan fingerprint density at radius 1 is 1.17 bits per heavy atom. The van der Waals surface area contributed by atoms with Crippen LogP contribution in [0.15, 0.2) is 53.5 Å². The third-order valence-electron chi connectivity index (χ3n) is 3.94. The van der Waals surface area contributed by atoms with Crippen LogP contribution in [0.25, 0.3) is 0 Å². The van der Waals surface area contributed by atoms with Gasteiger partial charge in [-0.05, 0) is 30.5 Å². The van der Waals surface area contributed by atoms with E-state index in [2.05, 4.69) is 10.3 Å². The van der Waals surface area contributed by atoms with Crippen molar-refractivity contribution >= 4 is 11.6 Å². The predicted molar refractivity (Wildman–Crippen MR) is 89.8 cm³/mol. The number of benzene rings is 2. The minimum atomic E-state index is -0.587. The highest BCUT2D eigenvalue weighted by atomic mass is 19.1. The molecule has 0 aliphatic carbocycles. The Labute approximate surface area is 139 Å². The number of nitrogens with one attached hydrogen (secondary N) is 1. The summed E-state index contributed by atoms with van der Waals surface area (Å²) in [6.45, 7) is 0.374. The molecular formula is C18H19F2N3O. The average molecular weight is 331 g/mol. The van der Waals surface area contributed by atoms with Crippen molar-refractivity contribution in [2.45, 2.75) is 25.0 Å². The van der Waals surface area contributed by atoms with E-state index in [0.717, 1.165) is 36.6 Å². The van der Waals surface area contributed by atoms with Crippen LogP contribution in [0.1, 0.15) is 24.5 Å². The first-order valence-electron chi connectivity index (χ1n) is 7.84. The molecule has 0 spiro atoms. The van der Waals surface area contributed by atoms with Gasteiger partial charge in [-0.25, -0.2) is 8.78 Å². The van der Waals surface area contributed by atoms with Crippen molar-refractivity contribution in [2.24, 2.45) is 10.7 Å². The van der Waals surface area contributed by atoms with Gasteiger partial charge in [0, 0.05) is 6.07 Å². The van der Waals surface area contributed by atoms with Crippen molar-refractivity contribution in [1.29, 1.82) is 0 Å². The van der Waals surface area contributed by atoms with E-state index >= 15 is 0 Å². The van der Waals surface area contributed by atoms with E-state index in [4.69, 9.17) is 10.5 Å². The molecule has 1 fully saturated rings. The van der Waals surface area contributed by atoms with E-state index in [-0.39, 0.29) is 23.9 Å². The number of guanidine groups is 1. The van der Waals surface area contributed by atoms with Crippen LogP contribution in [0.3, 0.4) is 0 Å². The second kappa shape index (κ2) is 7.40. The number of nitrogens with two attached hydrogens (primary N) is 1. The van der Waals surface area contributed by atoms with Gasteiger partial charge in [-0.2, -0.15) is 0 Å². The molecule has 1 aliphatic rings. The van der Waals surface area contributed by atoms with Gasteiger partial charge in [-0.1, -0.05) is 30.3 Å². The normalized spacial score (nSPS) is 21.0. The maximum atomic E-state index is 13.5. The summed E-state index contributed by atoms with van der Waals surface area (Å²) in [6.07, 6.45) is 1.84. The second-order valence-electron chi connectivity index (χ2n) is 5.71. The Hall–Kier alpha value is -2.47. The van der Waals surface area contributed by atoms with Gasteiger partial charge in [0.1, 0.15) is 11.6 Å². The highest BCUT2D eigenvalue weighted by Gasteiger charge is 2.26. The number of hydrogen-bond acceptors (Lipinski definition) is 2. The molecule has 2 atom stereocenters. The molecule has 0 saturated carbocycles. The second-order valence-corrected chi connectivity index (χ2v) is 5.71. The smallest absolute Gasteiger partial charge is 0.193 e. The van der Waals surface area contributed by atoms with Crippen LogP contribution in [-0.2, 0) is 4.74 Å². The van der Waals surface area contributed by atoms with Gasteiger partial charge in [0.25, 0.3) is 0 Å². The number of rotatable bonds is 4. The van der Waals surface area contributed by atoms with Gasteiger partial charge in [0.15, 0.2) is 5.96 Å². The van der Waals surface area contributed by atoms with Crippen LogP contribution in [-0.4, -0.2) is 18.6 Å². The lowest BCUT2D eigenvalue weighted by molar-refractivity contribution is 0.0501. The zero-order chi connectivity index (χ0) is 16.9. The fourth-order valence-electron chi connectivity index (χ4n) is 2.72. The van der Waals surface area contributed by atoms with Crippen molar-refractivity contribution in [1.82, 2.24) is 0 Å². The zero-order valence-corrected chi connectivity index (χ0v) is 13.1. The highest BCUT2D eigenvalue weighted by molar-refractivity contribution is 5.92. The summed E-state index contributed by atoms with van der Waals surface area (Å²) in [5.41, 5.74) is 6.86. The minimum absolute atomic E-state index is 0.0336. The first-order valence-corrected chi connectivity index (χ1v) is 7.84. The standard InChI is InChI=1S/C18H19F2N3O/c19-13-6-8-15(20)16(10-13)23-18(21)22-11-14-7-9-17(24-14)12-4-2-1-3-5-12/h1-6,8,10,14,17H,7,9,11H2,(H3,21,22,23)/t14-,17+/m1/s1. The molecule has 126 valence electrons. The van der Waals surface area contributed by atoms with E-state index in [0.29, 0.717) is 6.54 Å². The molecule has 0 unspecified atom stereocenters. The maximum absolute atomic E-state index is 13.5. The highest BCUT2D eigenvalue weighted by Crippen LogP contribution is 2.32. The number of halogens is 2. The van der Waals surface area contributed by atoms with E-state index in [1.165, 1.54) is 0 Å². The van der Waals surface area contributed by atoms with Crippen LogP contribution in [0.4, 0.5) is 14.5 Å². The van der Waals surface area contributed by atoms with Crippen molar-refractivity contribution < 1.29 is 13.5 Å². The van der Waals surface area contributed by atoms with Crippen LogP contribution in [0.2, 0.25) is 0 Å². The average Bonchev–Trinajstić information content (AvgIpc) is 3.06. The Morgan fingerprint density at radius 3 is 2.75 bits per heavy atom. The van der Waals surface area contributed by atoms with E-state index in [1.807, 2.05) is 30.3 Å². The first-order chi connectivity index (χ1) is 11.6. The lowest BCUT2D eigenvalue weighted by Gasteiger charge is -2.13. The van der Waals surface area contributed by atoms with Gasteiger partial charge in [-0.3, -0.25) is 4.99 Å². The topological polar surface area (TPSA) is 59.6 Å². The lowest BCUT2D eigenvalue weighted by atomic mass is 10.1. The van der Waals surface area contributed by atoms with E-state index < -0.39 is 11.6 Å². The SMILES string of the molecule is NC(=NC[C@H]1CC[C@@H](c2ccccc2)O1)Nc1cc(F)ccc1F. The fourth-order valence-corrected chi connectivity index (χ4v) is 2.72. The molecular weight excluding hydrogens is 312 g/mol. The Morgan fingerprint density at radius 2 is 1.96 bits per heavy atom. The van der Waals surface area contributed by atoms with Crippen LogP contribution in [0.5, 0.6) is 0 Å². The molecule has 0 bridgehead atoms. The number of ether oxygens (including phenoxy) is 1. The summed E-state index contributed by atoms with van der Waals surface area (Å²) >= 11 is 0. The minimum Gasteiger partial charge on any atom is -0.370 e. The van der Waals surface area contributed by atoms with Gasteiger partial charge in [0.05, 0.1) is 24.4 Å². The molecule has 24 heavy (non-hydrogen) atoms. The maximum Gasteiger partial charge on any atom is 0.193 e. The molecule has 2 aromatic rings. The third kappa shape index (κ3) is 4.08. The summed E-state index contributed by atoms with van der Waals surface area (Å²) in [5, 5.41) is 2.58. The summed E-state index contributed by atoms with van der Waals surface area (Å²) in [5.74, 6) is -1.10. The molecule has 1 saturated heterocycles. The zero-order valence-electron chi connectivity index (χ0n) is 13.1. The van der Waals surface area contributed by atoms with Gasteiger partial charge in [-0.15, -0.1) is 0 Å². The van der Waals surface area contributed by atoms with Crippen molar-refractivity contribution in [3.8, 4) is 0 Å². The number of nitrogens with zero attached hydrogens (tertiary/aromatic N) is 1. The molecule has 3 rings (SSSR count). The third-order valence-corrected chi connectivity index (χ3v) is 3.94. The molecule has 1 aliphatic heterocycles. The van der Waals surface area contributed by atoms with E-state index in [9.17, 15) is 8.78 Å². The number of hydrogen-bond donors (Lipinski definition) is 2. The molecule has 1 heterocycles. The van der Waals surface area contributed by atoms with Gasteiger partial charge >= 0.3 is 0 Å². The van der Waals surface area contributed by atoms with E-state index in [1.54, 1.807) is 0 Å². The van der Waals surface area contributed by atoms with Crippen LogP contribution >= 0.6 is 0 Å². The Bertz CT molecular complexity index is 721. The number of anilines is 1. The molecule has 0 radical (unpaired) electrons. The molecule has 4 nitrogen and oxygen atoms in total. The summed E-state index contributed by atoms with van der Waals surface area (Å²) in [6, 6.07) is 13.1. The number of aliphatic imine (C=N–C) groups is 1. The quantitative estimate of drug-likeness (QED) is 0.664. The van der Waals surface area contributed by atoms with Crippen molar-refractivity contribution in [3.05, 3.63) is 65.7 Å². The molecule has 6 heteroatoms. The summed E-state index contributed by atoms with van der Waals surface area (Å²) in [7, 11) is 0.